The van der Waals surface area contributed by atoms with Crippen molar-refractivity contribution < 1.29 is 14.3 Å². The lowest BCUT2D eigenvalue weighted by Gasteiger charge is -2.32. The molecular formula is C26H30ClN5O3. The van der Waals surface area contributed by atoms with Gasteiger partial charge in [-0.25, -0.2) is 9.50 Å². The molecule has 0 aliphatic carbocycles. The van der Waals surface area contributed by atoms with Crippen LogP contribution in [0.25, 0.3) is 16.6 Å². The van der Waals surface area contributed by atoms with Crippen LogP contribution in [0.4, 0.5) is 5.82 Å². The quantitative estimate of drug-likeness (QED) is 0.386. The Kier molecular flexibility index (Phi) is 8.54. The molecular weight excluding hydrogens is 466 g/mol. The largest absolute Gasteiger partial charge is 0.493 e. The second-order valence-corrected chi connectivity index (χ2v) is 8.23. The van der Waals surface area contributed by atoms with Crippen molar-refractivity contribution in [2.24, 2.45) is 0 Å². The molecule has 35 heavy (non-hydrogen) atoms. The maximum atomic E-state index is 12.2. The average Bonchev–Trinajstić information content (AvgIpc) is 3.20. The number of carbonyl (C=O) groups is 1. The summed E-state index contributed by atoms with van der Waals surface area (Å²) >= 11 is 6.98. The van der Waals surface area contributed by atoms with Gasteiger partial charge in [-0.1, -0.05) is 49.6 Å². The van der Waals surface area contributed by atoms with Crippen LogP contribution in [0.5, 0.6) is 11.5 Å². The van der Waals surface area contributed by atoms with Crippen LogP contribution in [0, 0.1) is 0 Å². The first-order chi connectivity index (χ1) is 16.9. The molecule has 0 saturated carbocycles. The summed E-state index contributed by atoms with van der Waals surface area (Å²) in [7, 11) is 3.17. The van der Waals surface area contributed by atoms with E-state index in [1.165, 1.54) is 12.4 Å². The number of halogens is 1. The summed E-state index contributed by atoms with van der Waals surface area (Å²) in [4.78, 5) is 18.2. The van der Waals surface area contributed by atoms with Crippen molar-refractivity contribution >= 4 is 28.8 Å². The number of anilines is 1. The lowest BCUT2D eigenvalue weighted by Crippen LogP contribution is -2.38. The number of benzene rings is 1. The van der Waals surface area contributed by atoms with Crippen molar-refractivity contribution in [2.75, 3.05) is 33.0 Å². The number of allylic oxidation sites excluding steroid dienone is 2. The molecule has 3 aromatic rings. The van der Waals surface area contributed by atoms with Gasteiger partial charge in [-0.3, -0.25) is 4.79 Å². The normalized spacial score (nSPS) is 15.1. The second-order valence-electron chi connectivity index (χ2n) is 7.85. The number of nitrogens with zero attached hydrogens (tertiary/aromatic N) is 4. The summed E-state index contributed by atoms with van der Waals surface area (Å²) in [6.07, 6.45) is 7.77. The molecule has 2 N–H and O–H groups in total. The van der Waals surface area contributed by atoms with E-state index in [9.17, 15) is 4.79 Å². The summed E-state index contributed by atoms with van der Waals surface area (Å²) in [5.41, 5.74) is 9.24. The Bertz CT molecular complexity index is 1250. The molecule has 1 fully saturated rings. The van der Waals surface area contributed by atoms with Gasteiger partial charge in [0.2, 0.25) is 5.91 Å². The van der Waals surface area contributed by atoms with Gasteiger partial charge in [-0.15, -0.1) is 0 Å². The third-order valence-electron chi connectivity index (χ3n) is 5.86. The van der Waals surface area contributed by atoms with Gasteiger partial charge >= 0.3 is 0 Å². The van der Waals surface area contributed by atoms with Crippen LogP contribution < -0.4 is 15.2 Å². The number of likely N-dealkylation sites (tertiary alicyclic amines) is 1. The molecule has 1 unspecified atom stereocenters. The Hall–Kier alpha value is -3.78. The Morgan fingerprint density at radius 3 is 2.54 bits per heavy atom. The zero-order valence-corrected chi connectivity index (χ0v) is 20.8. The number of aromatic nitrogens is 3. The van der Waals surface area contributed by atoms with Gasteiger partial charge in [0.1, 0.15) is 11.8 Å². The van der Waals surface area contributed by atoms with E-state index in [2.05, 4.69) is 29.8 Å². The number of hydrogen-bond acceptors (Lipinski definition) is 6. The molecule has 8 nitrogen and oxygen atoms in total. The molecule has 1 aliphatic rings. The number of nitrogens with two attached hydrogens (primary N) is 1. The number of methoxy groups -OCH3 is 2. The van der Waals surface area contributed by atoms with E-state index in [1.807, 2.05) is 18.2 Å². The van der Waals surface area contributed by atoms with Crippen LogP contribution in [-0.4, -0.2) is 52.7 Å². The maximum absolute atomic E-state index is 12.2. The smallest absolute Gasteiger partial charge is 0.245 e. The third kappa shape index (κ3) is 5.17. The number of nitrogen functional groups attached to an aromatic ring is 1. The van der Waals surface area contributed by atoms with Crippen LogP contribution in [-0.2, 0) is 4.79 Å². The Labute approximate surface area is 210 Å². The number of amides is 1. The van der Waals surface area contributed by atoms with Gasteiger partial charge < -0.3 is 20.1 Å². The van der Waals surface area contributed by atoms with E-state index in [4.69, 9.17) is 26.8 Å². The van der Waals surface area contributed by atoms with Gasteiger partial charge in [0, 0.05) is 24.6 Å². The molecule has 1 atom stereocenters. The molecule has 1 saturated heterocycles. The molecule has 0 radical (unpaired) electrons. The maximum Gasteiger partial charge on any atom is 0.245 e. The highest BCUT2D eigenvalue weighted by molar-refractivity contribution is 6.35. The van der Waals surface area contributed by atoms with E-state index in [1.54, 1.807) is 35.8 Å². The predicted octanol–water partition coefficient (Wildman–Crippen LogP) is 4.90. The summed E-state index contributed by atoms with van der Waals surface area (Å²) in [6.45, 7) is 11.6. The highest BCUT2D eigenvalue weighted by atomic mass is 35.5. The first-order valence-electron chi connectivity index (χ1n) is 11.1. The third-order valence-corrected chi connectivity index (χ3v) is 6.24. The van der Waals surface area contributed by atoms with Crippen LogP contribution in [0.2, 0.25) is 5.02 Å². The van der Waals surface area contributed by atoms with E-state index >= 15 is 0 Å². The molecule has 4 rings (SSSR count). The number of fused-ring (bicyclic) bond motifs is 1. The lowest BCUT2D eigenvalue weighted by atomic mass is 9.94. The number of piperidine rings is 1. The van der Waals surface area contributed by atoms with E-state index in [0.717, 1.165) is 29.7 Å². The summed E-state index contributed by atoms with van der Waals surface area (Å²) in [5, 5.41) is 4.99. The Balaban J connectivity index is 0.000000795. The van der Waals surface area contributed by atoms with Gasteiger partial charge in [0.05, 0.1) is 24.9 Å². The highest BCUT2D eigenvalue weighted by Gasteiger charge is 2.31. The summed E-state index contributed by atoms with van der Waals surface area (Å²) in [5.74, 6) is 1.42. The van der Waals surface area contributed by atoms with E-state index in [-0.39, 0.29) is 11.8 Å². The standard InChI is InChI=1S/C22H24ClN5O3.C4H6/c1-4-17(29)27-9-5-6-14(11-27)20-19(23)18(21-22(24)25-12-26-28(20)21)13-7-8-15(30-2)16(10-13)31-3;1-3-4-2/h4,7-8,10,12,14H,1,5-6,9,11H2,2-3H3,(H2,24,25,26);3-4H,1-2H2. The van der Waals surface area contributed by atoms with Gasteiger partial charge in [0.25, 0.3) is 0 Å². The van der Waals surface area contributed by atoms with Crippen molar-refractivity contribution in [2.45, 2.75) is 18.8 Å². The topological polar surface area (TPSA) is 95.0 Å². The van der Waals surface area contributed by atoms with Crippen molar-refractivity contribution in [3.05, 3.63) is 73.2 Å². The minimum absolute atomic E-state index is 0.000781. The molecule has 3 heterocycles. The van der Waals surface area contributed by atoms with Crippen LogP contribution >= 0.6 is 11.6 Å². The van der Waals surface area contributed by atoms with E-state index < -0.39 is 0 Å². The van der Waals surface area contributed by atoms with Crippen molar-refractivity contribution in [3.63, 3.8) is 0 Å². The number of rotatable bonds is 6. The molecule has 1 aliphatic heterocycles. The zero-order chi connectivity index (χ0) is 25.5. The van der Waals surface area contributed by atoms with Gasteiger partial charge in [-0.2, -0.15) is 5.10 Å². The minimum atomic E-state index is -0.0871. The molecule has 1 amide bonds. The second kappa shape index (κ2) is 11.6. The molecule has 184 valence electrons. The fourth-order valence-electron chi connectivity index (χ4n) is 4.25. The lowest BCUT2D eigenvalue weighted by molar-refractivity contribution is -0.127. The van der Waals surface area contributed by atoms with Crippen LogP contribution in [0.15, 0.2) is 62.5 Å². The predicted molar refractivity (Wildman–Crippen MR) is 140 cm³/mol. The Morgan fingerprint density at radius 2 is 1.91 bits per heavy atom. The van der Waals surface area contributed by atoms with Crippen LogP contribution in [0.1, 0.15) is 24.5 Å². The summed E-state index contributed by atoms with van der Waals surface area (Å²) in [6, 6.07) is 5.57. The monoisotopic (exact) mass is 495 g/mol. The fourth-order valence-corrected chi connectivity index (χ4v) is 4.68. The van der Waals surface area contributed by atoms with E-state index in [0.29, 0.717) is 40.9 Å². The van der Waals surface area contributed by atoms with Crippen molar-refractivity contribution in [1.29, 1.82) is 0 Å². The van der Waals surface area contributed by atoms with Crippen molar-refractivity contribution in [3.8, 4) is 22.6 Å². The highest BCUT2D eigenvalue weighted by Crippen LogP contribution is 2.45. The molecule has 1 aromatic carbocycles. The number of hydrogen-bond donors (Lipinski definition) is 1. The van der Waals surface area contributed by atoms with Gasteiger partial charge in [-0.05, 0) is 36.6 Å². The Morgan fingerprint density at radius 1 is 1.20 bits per heavy atom. The fraction of sp³-hybridized carbons (Fsp3) is 0.269. The van der Waals surface area contributed by atoms with Crippen LogP contribution in [0.3, 0.4) is 0 Å². The molecule has 9 heteroatoms. The molecule has 0 spiro atoms. The zero-order valence-electron chi connectivity index (χ0n) is 20.0. The van der Waals surface area contributed by atoms with Crippen molar-refractivity contribution in [1.82, 2.24) is 19.5 Å². The number of carbonyl (C=O) groups excluding carboxylic acids is 1. The SMILES string of the molecule is C=CC(=O)N1CCCC(c2c(Cl)c(-c3ccc(OC)c(OC)c3)c3c(N)ncnn23)C1.C=CC=C. The minimum Gasteiger partial charge on any atom is -0.493 e. The number of ether oxygens (including phenoxy) is 2. The molecule has 2 aromatic heterocycles. The first-order valence-corrected chi connectivity index (χ1v) is 11.5. The first kappa shape index (κ1) is 25.8. The summed E-state index contributed by atoms with van der Waals surface area (Å²) < 4.78 is 12.6. The average molecular weight is 496 g/mol. The van der Waals surface area contributed by atoms with Gasteiger partial charge in [0.15, 0.2) is 17.3 Å². The molecule has 0 bridgehead atoms.